The molecule has 3 amide bonds. The van der Waals surface area contributed by atoms with Crippen LogP contribution in [0.2, 0.25) is 0 Å². The molecule has 26 heavy (non-hydrogen) atoms. The van der Waals surface area contributed by atoms with Crippen molar-refractivity contribution in [1.29, 1.82) is 0 Å². The highest BCUT2D eigenvalue weighted by atomic mass is 32.2. The molecule has 0 saturated carbocycles. The van der Waals surface area contributed by atoms with Gasteiger partial charge in [-0.2, -0.15) is 0 Å². The molecule has 8 heteroatoms. The number of likely N-dealkylation sites (tertiary alicyclic amines) is 1. The van der Waals surface area contributed by atoms with E-state index in [2.05, 4.69) is 4.99 Å². The number of hydrogen-bond acceptors (Lipinski definition) is 5. The van der Waals surface area contributed by atoms with E-state index in [0.717, 1.165) is 24.1 Å². The fourth-order valence-corrected chi connectivity index (χ4v) is 4.02. The molecule has 2 N–H and O–H groups in total. The lowest BCUT2D eigenvalue weighted by Crippen LogP contribution is -2.45. The first-order valence-electron chi connectivity index (χ1n) is 8.59. The van der Waals surface area contributed by atoms with Crippen LogP contribution in [0, 0.1) is 12.8 Å². The number of rotatable bonds is 4. The van der Waals surface area contributed by atoms with Crippen LogP contribution < -0.4 is 10.6 Å². The molecule has 2 aliphatic rings. The van der Waals surface area contributed by atoms with Crippen molar-refractivity contribution in [1.82, 2.24) is 4.90 Å². The van der Waals surface area contributed by atoms with Crippen LogP contribution >= 0.6 is 11.8 Å². The molecule has 1 aromatic rings. The molecule has 1 saturated heterocycles. The van der Waals surface area contributed by atoms with Gasteiger partial charge in [-0.1, -0.05) is 29.5 Å². The molecule has 0 aliphatic carbocycles. The van der Waals surface area contributed by atoms with Crippen molar-refractivity contribution >= 4 is 40.3 Å². The standard InChI is InChI=1S/C18H22N4O3S/c1-12-4-6-14(7-5-12)22-15(23)9-20-18(22)26-11-16(24)21-8-2-3-13(10-21)17(19)25/h4-7,13H,2-3,8-11H2,1H3,(H2,19,25)/t13-/m0/s1. The molecule has 2 aliphatic heterocycles. The van der Waals surface area contributed by atoms with Gasteiger partial charge in [-0.3, -0.25) is 24.3 Å². The van der Waals surface area contributed by atoms with E-state index in [1.54, 1.807) is 9.80 Å². The third kappa shape index (κ3) is 4.07. The number of nitrogens with two attached hydrogens (primary N) is 1. The Hall–Kier alpha value is -2.35. The number of benzene rings is 1. The van der Waals surface area contributed by atoms with E-state index < -0.39 is 0 Å². The average molecular weight is 374 g/mol. The minimum absolute atomic E-state index is 0.0631. The number of carbonyl (C=O) groups is 3. The van der Waals surface area contributed by atoms with Gasteiger partial charge in [0.2, 0.25) is 11.8 Å². The van der Waals surface area contributed by atoms with Crippen LogP contribution in [0.25, 0.3) is 0 Å². The van der Waals surface area contributed by atoms with E-state index >= 15 is 0 Å². The number of thioether (sulfide) groups is 1. The van der Waals surface area contributed by atoms with Crippen LogP contribution in [-0.4, -0.2) is 53.2 Å². The van der Waals surface area contributed by atoms with Gasteiger partial charge in [-0.15, -0.1) is 0 Å². The summed E-state index contributed by atoms with van der Waals surface area (Å²) in [6.45, 7) is 3.09. The largest absolute Gasteiger partial charge is 0.369 e. The molecular formula is C18H22N4O3S. The number of amidine groups is 1. The Bertz CT molecular complexity index is 747. The summed E-state index contributed by atoms with van der Waals surface area (Å²) in [5, 5.41) is 0.538. The smallest absolute Gasteiger partial charge is 0.254 e. The summed E-state index contributed by atoms with van der Waals surface area (Å²) in [7, 11) is 0. The first-order chi connectivity index (χ1) is 12.5. The summed E-state index contributed by atoms with van der Waals surface area (Å²) in [5.74, 6) is -0.610. The van der Waals surface area contributed by atoms with Gasteiger partial charge in [0.25, 0.3) is 5.91 Å². The molecule has 1 fully saturated rings. The normalized spacial score (nSPS) is 20.3. The zero-order chi connectivity index (χ0) is 18.7. The Kier molecular flexibility index (Phi) is 5.61. The molecule has 3 rings (SSSR count). The Morgan fingerprint density at radius 1 is 1.31 bits per heavy atom. The lowest BCUT2D eigenvalue weighted by atomic mass is 9.97. The van der Waals surface area contributed by atoms with Gasteiger partial charge in [0.05, 0.1) is 17.4 Å². The average Bonchev–Trinajstić information content (AvgIpc) is 3.01. The first kappa shape index (κ1) is 18.4. The number of carbonyl (C=O) groups excluding carboxylic acids is 3. The zero-order valence-corrected chi connectivity index (χ0v) is 15.5. The van der Waals surface area contributed by atoms with Gasteiger partial charge in [0.15, 0.2) is 5.17 Å². The quantitative estimate of drug-likeness (QED) is 0.855. The maximum absolute atomic E-state index is 12.5. The lowest BCUT2D eigenvalue weighted by Gasteiger charge is -2.31. The second-order valence-corrected chi connectivity index (χ2v) is 7.48. The molecule has 2 heterocycles. The first-order valence-corrected chi connectivity index (χ1v) is 9.58. The van der Waals surface area contributed by atoms with E-state index in [9.17, 15) is 14.4 Å². The van der Waals surface area contributed by atoms with Crippen LogP contribution in [0.15, 0.2) is 29.3 Å². The van der Waals surface area contributed by atoms with Gasteiger partial charge < -0.3 is 10.6 Å². The molecule has 1 atom stereocenters. The molecular weight excluding hydrogens is 352 g/mol. The molecule has 0 spiro atoms. The summed E-state index contributed by atoms with van der Waals surface area (Å²) < 4.78 is 0. The van der Waals surface area contributed by atoms with E-state index in [-0.39, 0.29) is 35.9 Å². The third-order valence-electron chi connectivity index (χ3n) is 4.58. The van der Waals surface area contributed by atoms with E-state index in [1.165, 1.54) is 11.8 Å². The predicted molar refractivity (Wildman–Crippen MR) is 102 cm³/mol. The van der Waals surface area contributed by atoms with E-state index in [1.807, 2.05) is 31.2 Å². The number of amides is 3. The highest BCUT2D eigenvalue weighted by Gasteiger charge is 2.30. The summed E-state index contributed by atoms with van der Waals surface area (Å²) in [6.07, 6.45) is 1.51. The van der Waals surface area contributed by atoms with Crippen LogP contribution in [0.4, 0.5) is 5.69 Å². The molecule has 0 radical (unpaired) electrons. The molecule has 0 aromatic heterocycles. The summed E-state index contributed by atoms with van der Waals surface area (Å²) in [6, 6.07) is 7.62. The fourth-order valence-electron chi connectivity index (χ4n) is 3.10. The van der Waals surface area contributed by atoms with Gasteiger partial charge in [0.1, 0.15) is 6.54 Å². The number of nitrogens with zero attached hydrogens (tertiary/aromatic N) is 3. The maximum atomic E-state index is 12.5. The van der Waals surface area contributed by atoms with Crippen molar-refractivity contribution in [2.45, 2.75) is 19.8 Å². The monoisotopic (exact) mass is 374 g/mol. The van der Waals surface area contributed by atoms with Gasteiger partial charge >= 0.3 is 0 Å². The summed E-state index contributed by atoms with van der Waals surface area (Å²) >= 11 is 1.25. The number of hydrogen-bond donors (Lipinski definition) is 1. The van der Waals surface area contributed by atoms with Gasteiger partial charge in [-0.25, -0.2) is 0 Å². The second kappa shape index (κ2) is 7.90. The highest BCUT2D eigenvalue weighted by molar-refractivity contribution is 8.14. The molecule has 0 bridgehead atoms. The summed E-state index contributed by atoms with van der Waals surface area (Å²) in [5.41, 5.74) is 7.23. The van der Waals surface area contributed by atoms with Crippen LogP contribution in [0.3, 0.4) is 0 Å². The minimum Gasteiger partial charge on any atom is -0.369 e. The van der Waals surface area contributed by atoms with Gasteiger partial charge in [0, 0.05) is 13.1 Å². The Morgan fingerprint density at radius 3 is 2.73 bits per heavy atom. The topological polar surface area (TPSA) is 96.1 Å². The Labute approximate surface area is 156 Å². The number of primary amides is 1. The minimum atomic E-state index is -0.355. The number of anilines is 1. The van der Waals surface area contributed by atoms with Crippen LogP contribution in [0.1, 0.15) is 18.4 Å². The molecule has 7 nitrogen and oxygen atoms in total. The predicted octanol–water partition coefficient (Wildman–Crippen LogP) is 1.15. The Balaban J connectivity index is 1.61. The van der Waals surface area contributed by atoms with Crippen molar-refractivity contribution in [3.05, 3.63) is 29.8 Å². The molecule has 138 valence electrons. The van der Waals surface area contributed by atoms with Crippen LogP contribution in [0.5, 0.6) is 0 Å². The van der Waals surface area contributed by atoms with Crippen molar-refractivity contribution in [2.24, 2.45) is 16.6 Å². The van der Waals surface area contributed by atoms with Crippen molar-refractivity contribution in [3.8, 4) is 0 Å². The number of piperidine rings is 1. The summed E-state index contributed by atoms with van der Waals surface area (Å²) in [4.78, 5) is 43.5. The van der Waals surface area contributed by atoms with Crippen molar-refractivity contribution in [2.75, 3.05) is 30.3 Å². The van der Waals surface area contributed by atoms with Crippen molar-refractivity contribution < 1.29 is 14.4 Å². The number of aryl methyl sites for hydroxylation is 1. The van der Waals surface area contributed by atoms with E-state index in [4.69, 9.17) is 5.73 Å². The Morgan fingerprint density at radius 2 is 2.04 bits per heavy atom. The van der Waals surface area contributed by atoms with Crippen molar-refractivity contribution in [3.63, 3.8) is 0 Å². The van der Waals surface area contributed by atoms with E-state index in [0.29, 0.717) is 18.3 Å². The molecule has 0 unspecified atom stereocenters. The van der Waals surface area contributed by atoms with Gasteiger partial charge in [-0.05, 0) is 31.9 Å². The maximum Gasteiger partial charge on any atom is 0.254 e. The SMILES string of the molecule is Cc1ccc(N2C(=O)CN=C2SCC(=O)N2CCC[C@H](C(N)=O)C2)cc1. The zero-order valence-electron chi connectivity index (χ0n) is 14.7. The fraction of sp³-hybridized carbons (Fsp3) is 0.444. The highest BCUT2D eigenvalue weighted by Crippen LogP contribution is 2.25. The number of aliphatic imine (C=N–C) groups is 1. The second-order valence-electron chi connectivity index (χ2n) is 6.53. The lowest BCUT2D eigenvalue weighted by molar-refractivity contribution is -0.132. The van der Waals surface area contributed by atoms with Crippen LogP contribution in [-0.2, 0) is 14.4 Å². The third-order valence-corrected chi connectivity index (χ3v) is 5.54. The molecule has 1 aromatic carbocycles.